The summed E-state index contributed by atoms with van der Waals surface area (Å²) in [5.41, 5.74) is 0. The first-order valence-corrected chi connectivity index (χ1v) is 8.78. The topological polar surface area (TPSA) is 93.7 Å². The molecule has 2 rings (SSSR count). The average Bonchev–Trinajstić information content (AvgIpc) is 3.07. The van der Waals surface area contributed by atoms with Gasteiger partial charge in [-0.2, -0.15) is 11.8 Å². The van der Waals surface area contributed by atoms with Crippen LogP contribution >= 0.6 is 11.8 Å². The molecule has 0 aliphatic carbocycles. The summed E-state index contributed by atoms with van der Waals surface area (Å²) >= 11 is 1.87. The third kappa shape index (κ3) is 5.46. The molecule has 0 spiro atoms. The van der Waals surface area contributed by atoms with Crippen molar-refractivity contribution in [3.63, 3.8) is 0 Å². The van der Waals surface area contributed by atoms with Gasteiger partial charge >= 0.3 is 18.0 Å². The SMILES string of the molecule is C=CC(=O)OCCOC(=O)CCCCC1SCC2NC(=O)NC21. The monoisotopic (exact) mass is 342 g/mol. The molecule has 0 aromatic carbocycles. The quantitative estimate of drug-likeness (QED) is 0.281. The molecule has 2 fully saturated rings. The third-order valence-corrected chi connectivity index (χ3v) is 5.32. The first-order chi connectivity index (χ1) is 11.1. The first kappa shape index (κ1) is 17.7. The maximum Gasteiger partial charge on any atom is 0.330 e. The van der Waals surface area contributed by atoms with Crippen LogP contribution in [0, 0.1) is 0 Å². The van der Waals surface area contributed by atoms with E-state index in [1.54, 1.807) is 0 Å². The fourth-order valence-electron chi connectivity index (χ4n) is 2.69. The number of ether oxygens (including phenoxy) is 2. The number of hydrogen-bond donors (Lipinski definition) is 2. The second-order valence-corrected chi connectivity index (χ2v) is 6.73. The zero-order valence-corrected chi connectivity index (χ0v) is 13.7. The van der Waals surface area contributed by atoms with Gasteiger partial charge in [-0.3, -0.25) is 4.79 Å². The standard InChI is InChI=1S/C15H22N2O5S/c1-2-12(18)21-7-8-22-13(19)6-4-3-5-11-14-10(9-23-11)16-15(20)17-14/h2,10-11,14H,1,3-9H2,(H2,16,17,20). The molecule has 8 heteroatoms. The van der Waals surface area contributed by atoms with Crippen molar-refractivity contribution in [1.29, 1.82) is 0 Å². The largest absolute Gasteiger partial charge is 0.462 e. The van der Waals surface area contributed by atoms with E-state index in [-0.39, 0.29) is 37.3 Å². The molecule has 128 valence electrons. The summed E-state index contributed by atoms with van der Waals surface area (Å²) in [5, 5.41) is 6.27. The lowest BCUT2D eigenvalue weighted by Gasteiger charge is -2.16. The molecule has 3 atom stereocenters. The second kappa shape index (κ2) is 8.81. The number of thioether (sulfide) groups is 1. The lowest BCUT2D eigenvalue weighted by molar-refractivity contribution is -0.149. The molecule has 0 aromatic rings. The molecule has 2 amide bonds. The normalized spacial score (nSPS) is 25.2. The molecule has 2 heterocycles. The Hall–Kier alpha value is -1.70. The van der Waals surface area contributed by atoms with E-state index >= 15 is 0 Å². The van der Waals surface area contributed by atoms with Crippen LogP contribution in [0.3, 0.4) is 0 Å². The van der Waals surface area contributed by atoms with Gasteiger partial charge in [0.2, 0.25) is 0 Å². The molecule has 3 unspecified atom stereocenters. The lowest BCUT2D eigenvalue weighted by atomic mass is 10.0. The van der Waals surface area contributed by atoms with E-state index in [9.17, 15) is 14.4 Å². The third-order valence-electron chi connectivity index (χ3n) is 3.82. The lowest BCUT2D eigenvalue weighted by Crippen LogP contribution is -2.36. The maximum absolute atomic E-state index is 11.5. The van der Waals surface area contributed by atoms with E-state index in [1.165, 1.54) is 0 Å². The number of esters is 2. The van der Waals surface area contributed by atoms with Gasteiger partial charge in [-0.25, -0.2) is 9.59 Å². The summed E-state index contributed by atoms with van der Waals surface area (Å²) in [6.45, 7) is 3.38. The van der Waals surface area contributed by atoms with Gasteiger partial charge in [0.05, 0.1) is 12.1 Å². The predicted molar refractivity (Wildman–Crippen MR) is 86.1 cm³/mol. The van der Waals surface area contributed by atoms with Crippen molar-refractivity contribution in [2.45, 2.75) is 43.0 Å². The van der Waals surface area contributed by atoms with Gasteiger partial charge in [-0.1, -0.05) is 13.0 Å². The number of fused-ring (bicyclic) bond motifs is 1. The van der Waals surface area contributed by atoms with Gasteiger partial charge in [0.1, 0.15) is 13.2 Å². The zero-order chi connectivity index (χ0) is 16.7. The van der Waals surface area contributed by atoms with E-state index in [0.717, 1.165) is 31.1 Å². The second-order valence-electron chi connectivity index (χ2n) is 5.46. The van der Waals surface area contributed by atoms with E-state index < -0.39 is 5.97 Å². The van der Waals surface area contributed by atoms with Crippen molar-refractivity contribution in [2.24, 2.45) is 0 Å². The van der Waals surface area contributed by atoms with Crippen molar-refractivity contribution in [2.75, 3.05) is 19.0 Å². The fourth-order valence-corrected chi connectivity index (χ4v) is 4.23. The Morgan fingerprint density at radius 3 is 2.83 bits per heavy atom. The molecule has 0 radical (unpaired) electrons. The summed E-state index contributed by atoms with van der Waals surface area (Å²) in [5.74, 6) is 0.133. The van der Waals surface area contributed by atoms with Crippen molar-refractivity contribution in [3.05, 3.63) is 12.7 Å². The zero-order valence-electron chi connectivity index (χ0n) is 12.9. The van der Waals surface area contributed by atoms with Crippen LogP contribution in [-0.4, -0.2) is 54.3 Å². The van der Waals surface area contributed by atoms with Gasteiger partial charge in [0.25, 0.3) is 0 Å². The summed E-state index contributed by atoms with van der Waals surface area (Å²) in [6.07, 6.45) is 4.05. The number of nitrogens with one attached hydrogen (secondary N) is 2. The Labute approximate surface area is 139 Å². The Balaban J connectivity index is 1.50. The Morgan fingerprint density at radius 2 is 2.04 bits per heavy atom. The predicted octanol–water partition coefficient (Wildman–Crippen LogP) is 0.985. The fraction of sp³-hybridized carbons (Fsp3) is 0.667. The molecule has 0 saturated carbocycles. The number of amides is 2. The van der Waals surface area contributed by atoms with Crippen molar-refractivity contribution in [3.8, 4) is 0 Å². The maximum atomic E-state index is 11.5. The molecule has 0 aromatic heterocycles. The molecule has 23 heavy (non-hydrogen) atoms. The van der Waals surface area contributed by atoms with Crippen LogP contribution in [0.4, 0.5) is 4.79 Å². The van der Waals surface area contributed by atoms with E-state index in [0.29, 0.717) is 11.7 Å². The summed E-state index contributed by atoms with van der Waals surface area (Å²) in [7, 11) is 0. The van der Waals surface area contributed by atoms with Crippen LogP contribution in [-0.2, 0) is 19.1 Å². The smallest absolute Gasteiger partial charge is 0.330 e. The first-order valence-electron chi connectivity index (χ1n) is 7.73. The van der Waals surface area contributed by atoms with E-state index in [1.807, 2.05) is 11.8 Å². The number of urea groups is 1. The van der Waals surface area contributed by atoms with Gasteiger partial charge in [0, 0.05) is 23.5 Å². The Kier molecular flexibility index (Phi) is 6.76. The van der Waals surface area contributed by atoms with E-state index in [4.69, 9.17) is 9.47 Å². The number of carbonyl (C=O) groups is 3. The number of unbranched alkanes of at least 4 members (excludes halogenated alkanes) is 1. The van der Waals surface area contributed by atoms with Gasteiger partial charge < -0.3 is 20.1 Å². The molecule has 2 aliphatic rings. The number of hydrogen-bond acceptors (Lipinski definition) is 6. The highest BCUT2D eigenvalue weighted by molar-refractivity contribution is 8.00. The summed E-state index contributed by atoms with van der Waals surface area (Å²) in [6, 6.07) is 0.366. The van der Waals surface area contributed by atoms with Gasteiger partial charge in [0.15, 0.2) is 0 Å². The van der Waals surface area contributed by atoms with E-state index in [2.05, 4.69) is 17.2 Å². The molecule has 2 saturated heterocycles. The minimum Gasteiger partial charge on any atom is -0.462 e. The van der Waals surface area contributed by atoms with Crippen LogP contribution in [0.15, 0.2) is 12.7 Å². The summed E-state index contributed by atoms with van der Waals surface area (Å²) < 4.78 is 9.68. The van der Waals surface area contributed by atoms with Crippen LogP contribution in [0.5, 0.6) is 0 Å². The van der Waals surface area contributed by atoms with Gasteiger partial charge in [-0.15, -0.1) is 0 Å². The number of carbonyl (C=O) groups excluding carboxylic acids is 3. The van der Waals surface area contributed by atoms with Crippen molar-refractivity contribution >= 4 is 29.7 Å². The van der Waals surface area contributed by atoms with Crippen molar-refractivity contribution < 1.29 is 23.9 Å². The number of rotatable bonds is 9. The van der Waals surface area contributed by atoms with Crippen LogP contribution in [0.2, 0.25) is 0 Å². The average molecular weight is 342 g/mol. The highest BCUT2D eigenvalue weighted by Gasteiger charge is 2.42. The molecule has 2 N–H and O–H groups in total. The van der Waals surface area contributed by atoms with Crippen LogP contribution in [0.25, 0.3) is 0 Å². The highest BCUT2D eigenvalue weighted by Crippen LogP contribution is 2.33. The van der Waals surface area contributed by atoms with Gasteiger partial charge in [-0.05, 0) is 12.8 Å². The molecular weight excluding hydrogens is 320 g/mol. The molecular formula is C15H22N2O5S. The Morgan fingerprint density at radius 1 is 1.26 bits per heavy atom. The Bertz CT molecular complexity index is 471. The summed E-state index contributed by atoms with van der Waals surface area (Å²) in [4.78, 5) is 33.6. The minimum absolute atomic E-state index is 0.0467. The van der Waals surface area contributed by atoms with Crippen LogP contribution in [0.1, 0.15) is 25.7 Å². The van der Waals surface area contributed by atoms with Crippen LogP contribution < -0.4 is 10.6 Å². The molecule has 2 aliphatic heterocycles. The molecule has 7 nitrogen and oxygen atoms in total. The minimum atomic E-state index is -0.526. The highest BCUT2D eigenvalue weighted by atomic mass is 32.2. The molecule has 0 bridgehead atoms. The van der Waals surface area contributed by atoms with Crippen molar-refractivity contribution in [1.82, 2.24) is 10.6 Å².